The van der Waals surface area contributed by atoms with Crippen molar-refractivity contribution in [2.24, 2.45) is 0 Å². The van der Waals surface area contributed by atoms with E-state index in [1.807, 2.05) is 0 Å². The molecule has 0 bridgehead atoms. The normalized spacial score (nSPS) is 10.5. The summed E-state index contributed by atoms with van der Waals surface area (Å²) in [4.78, 5) is 32.3. The number of hydrogen-bond donors (Lipinski definition) is 0. The number of carbonyl (C=O) groups is 1. The first-order valence-electron chi connectivity index (χ1n) is 6.98. The second kappa shape index (κ2) is 8.08. The Morgan fingerprint density at radius 1 is 1.08 bits per heavy atom. The van der Waals surface area contributed by atoms with Crippen molar-refractivity contribution in [1.29, 1.82) is 0 Å². The molecule has 0 aliphatic heterocycles. The lowest BCUT2D eigenvalue weighted by Crippen LogP contribution is -2.05. The number of carbonyl (C=O) groups excluding carboxylic acids is 1. The van der Waals surface area contributed by atoms with Gasteiger partial charge in [0.05, 0.1) is 23.0 Å². The first-order chi connectivity index (χ1) is 12.3. The molecule has 0 amide bonds. The Bertz CT molecular complexity index is 911. The minimum Gasteiger partial charge on any atom is -0.493 e. The molecule has 0 heterocycles. The fourth-order valence-electron chi connectivity index (χ4n) is 1.94. The van der Waals surface area contributed by atoms with Crippen molar-refractivity contribution < 1.29 is 24.1 Å². The smallest absolute Gasteiger partial charge is 0.336 e. The third kappa shape index (κ3) is 4.54. The largest absolute Gasteiger partial charge is 0.493 e. The average Bonchev–Trinajstić information content (AvgIpc) is 2.60. The molecule has 0 radical (unpaired) electrons. The number of benzene rings is 2. The minimum atomic E-state index is -0.846. The fraction of sp³-hybridized carbons (Fsp3) is 0.0625. The molecule has 0 unspecified atom stereocenters. The number of non-ortho nitro benzene ring substituents is 1. The monoisotopic (exact) mass is 378 g/mol. The molecule has 0 spiro atoms. The van der Waals surface area contributed by atoms with Crippen LogP contribution in [0.3, 0.4) is 0 Å². The van der Waals surface area contributed by atoms with Gasteiger partial charge in [0, 0.05) is 18.2 Å². The van der Waals surface area contributed by atoms with Crippen molar-refractivity contribution in [3.8, 4) is 11.5 Å². The van der Waals surface area contributed by atoms with Crippen molar-refractivity contribution in [1.82, 2.24) is 0 Å². The highest BCUT2D eigenvalue weighted by atomic mass is 35.5. The summed E-state index contributed by atoms with van der Waals surface area (Å²) >= 11 is 5.71. The zero-order chi connectivity index (χ0) is 19.3. The summed E-state index contributed by atoms with van der Waals surface area (Å²) in [6.45, 7) is 0. The molecular weight excluding hydrogens is 368 g/mol. The highest BCUT2D eigenvalue weighted by Gasteiger charge is 2.15. The Hall–Kier alpha value is -3.46. The molecule has 9 nitrogen and oxygen atoms in total. The van der Waals surface area contributed by atoms with Crippen molar-refractivity contribution >= 4 is 35.0 Å². The fourth-order valence-corrected chi connectivity index (χ4v) is 2.13. The van der Waals surface area contributed by atoms with Gasteiger partial charge in [-0.05, 0) is 23.8 Å². The molecule has 0 aliphatic carbocycles. The number of esters is 1. The number of nitrogens with zero attached hydrogens (tertiary/aromatic N) is 2. The van der Waals surface area contributed by atoms with Crippen LogP contribution in [-0.4, -0.2) is 22.9 Å². The molecular formula is C16H11ClN2O7. The Labute approximate surface area is 151 Å². The predicted octanol–water partition coefficient (Wildman–Crippen LogP) is 3.78. The van der Waals surface area contributed by atoms with Crippen LogP contribution in [0.1, 0.15) is 5.56 Å². The van der Waals surface area contributed by atoms with E-state index in [0.717, 1.165) is 12.1 Å². The standard InChI is InChI=1S/C16H11ClN2O7/c1-25-14-6-4-11(18(21)22)9-15(14)26-16(20)7-3-10-2-5-12(17)13(8-10)19(23)24/h2-9H,1H3/b7-3+. The third-order valence-corrected chi connectivity index (χ3v) is 3.47. The highest BCUT2D eigenvalue weighted by molar-refractivity contribution is 6.32. The van der Waals surface area contributed by atoms with Crippen molar-refractivity contribution in [2.45, 2.75) is 0 Å². The van der Waals surface area contributed by atoms with E-state index in [4.69, 9.17) is 21.1 Å². The zero-order valence-corrected chi connectivity index (χ0v) is 14.0. The second-order valence-corrected chi connectivity index (χ2v) is 5.22. The van der Waals surface area contributed by atoms with Gasteiger partial charge in [0.25, 0.3) is 11.4 Å². The summed E-state index contributed by atoms with van der Waals surface area (Å²) in [7, 11) is 1.32. The summed E-state index contributed by atoms with van der Waals surface area (Å²) in [5.41, 5.74) is -0.225. The lowest BCUT2D eigenvalue weighted by atomic mass is 10.2. The van der Waals surface area contributed by atoms with E-state index >= 15 is 0 Å². The molecule has 0 aliphatic rings. The number of nitro groups is 2. The van der Waals surface area contributed by atoms with Crippen LogP contribution in [0.15, 0.2) is 42.5 Å². The van der Waals surface area contributed by atoms with Gasteiger partial charge in [0.15, 0.2) is 11.5 Å². The number of rotatable bonds is 6. The maximum atomic E-state index is 11.9. The maximum absolute atomic E-state index is 11.9. The molecule has 2 aromatic rings. The molecule has 0 fully saturated rings. The van der Waals surface area contributed by atoms with Crippen LogP contribution in [0.5, 0.6) is 11.5 Å². The second-order valence-electron chi connectivity index (χ2n) is 4.81. The van der Waals surface area contributed by atoms with Gasteiger partial charge in [-0.3, -0.25) is 20.2 Å². The molecule has 0 saturated heterocycles. The molecule has 2 rings (SSSR count). The highest BCUT2D eigenvalue weighted by Crippen LogP contribution is 2.31. The van der Waals surface area contributed by atoms with Gasteiger partial charge in [0.2, 0.25) is 0 Å². The number of ether oxygens (including phenoxy) is 2. The molecule has 134 valence electrons. The van der Waals surface area contributed by atoms with Gasteiger partial charge in [-0.1, -0.05) is 17.7 Å². The SMILES string of the molecule is COc1ccc([N+](=O)[O-])cc1OC(=O)/C=C/c1ccc(Cl)c([N+](=O)[O-])c1. The Morgan fingerprint density at radius 3 is 2.42 bits per heavy atom. The van der Waals surface area contributed by atoms with E-state index in [-0.39, 0.29) is 27.9 Å². The molecule has 0 aromatic heterocycles. The molecule has 10 heteroatoms. The van der Waals surface area contributed by atoms with Gasteiger partial charge >= 0.3 is 5.97 Å². The summed E-state index contributed by atoms with van der Waals surface area (Å²) in [5, 5.41) is 21.6. The summed E-state index contributed by atoms with van der Waals surface area (Å²) in [5.74, 6) is -0.834. The van der Waals surface area contributed by atoms with Crippen LogP contribution < -0.4 is 9.47 Å². The van der Waals surface area contributed by atoms with Crippen LogP contribution in [0.25, 0.3) is 6.08 Å². The zero-order valence-electron chi connectivity index (χ0n) is 13.2. The van der Waals surface area contributed by atoms with Crippen molar-refractivity contribution in [3.63, 3.8) is 0 Å². The molecule has 0 N–H and O–H groups in total. The Balaban J connectivity index is 2.20. The van der Waals surface area contributed by atoms with E-state index in [1.54, 1.807) is 0 Å². The lowest BCUT2D eigenvalue weighted by molar-refractivity contribution is -0.385. The first kappa shape index (κ1) is 18.9. The average molecular weight is 379 g/mol. The topological polar surface area (TPSA) is 122 Å². The Morgan fingerprint density at radius 2 is 1.81 bits per heavy atom. The summed E-state index contributed by atoms with van der Waals surface area (Å²) < 4.78 is 10.0. The summed E-state index contributed by atoms with van der Waals surface area (Å²) in [6, 6.07) is 7.56. The van der Waals surface area contributed by atoms with E-state index in [0.29, 0.717) is 5.56 Å². The van der Waals surface area contributed by atoms with Gasteiger partial charge in [-0.25, -0.2) is 4.79 Å². The number of methoxy groups -OCH3 is 1. The third-order valence-electron chi connectivity index (χ3n) is 3.15. The molecule has 0 saturated carbocycles. The first-order valence-corrected chi connectivity index (χ1v) is 7.36. The molecule has 2 aromatic carbocycles. The van der Waals surface area contributed by atoms with Crippen LogP contribution >= 0.6 is 11.6 Å². The van der Waals surface area contributed by atoms with Gasteiger partial charge < -0.3 is 9.47 Å². The van der Waals surface area contributed by atoms with Crippen molar-refractivity contribution in [3.05, 3.63) is 73.3 Å². The Kier molecular flexibility index (Phi) is 5.86. The quantitative estimate of drug-likeness (QED) is 0.246. The van der Waals surface area contributed by atoms with Gasteiger partial charge in [0.1, 0.15) is 5.02 Å². The number of nitro benzene ring substituents is 2. The number of hydrogen-bond acceptors (Lipinski definition) is 7. The molecule has 0 atom stereocenters. The summed E-state index contributed by atoms with van der Waals surface area (Å²) in [6.07, 6.45) is 2.31. The predicted molar refractivity (Wildman–Crippen MR) is 92.4 cm³/mol. The minimum absolute atomic E-state index is 0.0314. The number of halogens is 1. The van der Waals surface area contributed by atoms with E-state index in [2.05, 4.69) is 0 Å². The molecule has 26 heavy (non-hydrogen) atoms. The van der Waals surface area contributed by atoms with E-state index < -0.39 is 15.8 Å². The van der Waals surface area contributed by atoms with E-state index in [1.165, 1.54) is 43.5 Å². The van der Waals surface area contributed by atoms with Crippen molar-refractivity contribution in [2.75, 3.05) is 7.11 Å². The van der Waals surface area contributed by atoms with Gasteiger partial charge in [-0.15, -0.1) is 0 Å². The van der Waals surface area contributed by atoms with Gasteiger partial charge in [-0.2, -0.15) is 0 Å². The van der Waals surface area contributed by atoms with Crippen LogP contribution in [0, 0.1) is 20.2 Å². The van der Waals surface area contributed by atoms with E-state index in [9.17, 15) is 25.0 Å². The maximum Gasteiger partial charge on any atom is 0.336 e. The van der Waals surface area contributed by atoms with Crippen LogP contribution in [0.4, 0.5) is 11.4 Å². The lowest BCUT2D eigenvalue weighted by Gasteiger charge is -2.07. The van der Waals surface area contributed by atoms with Crippen LogP contribution in [0.2, 0.25) is 5.02 Å². The van der Waals surface area contributed by atoms with Crippen LogP contribution in [-0.2, 0) is 4.79 Å².